The van der Waals surface area contributed by atoms with Crippen molar-refractivity contribution in [3.05, 3.63) is 59.5 Å². The van der Waals surface area contributed by atoms with Crippen molar-refractivity contribution in [2.75, 3.05) is 25.1 Å². The Kier molecular flexibility index (Phi) is 5.27. The van der Waals surface area contributed by atoms with Crippen LogP contribution in [-0.2, 0) is 4.74 Å². The fourth-order valence-electron chi connectivity index (χ4n) is 3.91. The molecule has 1 N–H and O–H groups in total. The lowest BCUT2D eigenvalue weighted by Crippen LogP contribution is -2.33. The maximum absolute atomic E-state index is 5.52. The maximum atomic E-state index is 5.52. The Balaban J connectivity index is 1.65. The van der Waals surface area contributed by atoms with E-state index in [-0.39, 0.29) is 11.3 Å². The van der Waals surface area contributed by atoms with Gasteiger partial charge >= 0.3 is 0 Å². The van der Waals surface area contributed by atoms with Crippen LogP contribution in [0.5, 0.6) is 0 Å². The molecule has 1 aromatic carbocycles. The molecule has 3 aromatic rings. The van der Waals surface area contributed by atoms with Gasteiger partial charge in [-0.05, 0) is 42.9 Å². The number of fused-ring (bicyclic) bond motifs is 1. The van der Waals surface area contributed by atoms with Gasteiger partial charge in [0.25, 0.3) is 0 Å². The highest BCUT2D eigenvalue weighted by molar-refractivity contribution is 5.93. The summed E-state index contributed by atoms with van der Waals surface area (Å²) in [5.74, 6) is 1.02. The van der Waals surface area contributed by atoms with Gasteiger partial charge in [-0.25, -0.2) is 0 Å². The molecule has 0 bridgehead atoms. The lowest BCUT2D eigenvalue weighted by atomic mass is 9.82. The molecule has 1 saturated heterocycles. The molecular weight excluding hydrogens is 348 g/mol. The van der Waals surface area contributed by atoms with Crippen LogP contribution >= 0.6 is 0 Å². The number of anilines is 1. The molecule has 1 fully saturated rings. The van der Waals surface area contributed by atoms with E-state index in [4.69, 9.17) is 4.74 Å². The molecule has 1 aliphatic heterocycles. The van der Waals surface area contributed by atoms with Crippen molar-refractivity contribution < 1.29 is 4.74 Å². The highest BCUT2D eigenvalue weighted by atomic mass is 16.5. The molecule has 4 rings (SSSR count). The summed E-state index contributed by atoms with van der Waals surface area (Å²) >= 11 is 0. The Bertz CT molecular complexity index is 966. The van der Waals surface area contributed by atoms with Gasteiger partial charge in [-0.3, -0.25) is 4.98 Å². The summed E-state index contributed by atoms with van der Waals surface area (Å²) in [6.45, 7) is 9.08. The van der Waals surface area contributed by atoms with E-state index in [9.17, 15) is 0 Å². The van der Waals surface area contributed by atoms with Gasteiger partial charge in [0.2, 0.25) is 0 Å². The van der Waals surface area contributed by atoms with Gasteiger partial charge in [0.15, 0.2) is 5.82 Å². The predicted molar refractivity (Wildman–Crippen MR) is 113 cm³/mol. The minimum absolute atomic E-state index is 0.154. The van der Waals surface area contributed by atoms with E-state index >= 15 is 0 Å². The van der Waals surface area contributed by atoms with Crippen LogP contribution in [0.1, 0.15) is 49.6 Å². The zero-order chi connectivity index (χ0) is 19.6. The van der Waals surface area contributed by atoms with Crippen molar-refractivity contribution in [1.29, 1.82) is 0 Å². The number of hydrogen-bond donors (Lipinski definition) is 1. The lowest BCUT2D eigenvalue weighted by molar-refractivity contribution is 0.0300. The summed E-state index contributed by atoms with van der Waals surface area (Å²) in [6.07, 6.45) is 4.00. The van der Waals surface area contributed by atoms with Crippen LogP contribution in [0.25, 0.3) is 10.8 Å². The number of pyridine rings is 1. The Morgan fingerprint density at radius 1 is 1.11 bits per heavy atom. The Morgan fingerprint density at radius 3 is 2.61 bits per heavy atom. The second-order valence-corrected chi connectivity index (χ2v) is 8.21. The topological polar surface area (TPSA) is 59.9 Å². The van der Waals surface area contributed by atoms with E-state index in [1.54, 1.807) is 0 Å². The number of ether oxygens (including phenoxy) is 1. The van der Waals surface area contributed by atoms with E-state index < -0.39 is 0 Å². The number of nitrogens with one attached hydrogen (secondary N) is 1. The molecule has 0 aliphatic carbocycles. The molecule has 1 aliphatic rings. The standard InChI is InChI=1S/C23H28N4O/c1-16-14-18(8-11-24-16)17(2)21-19-6-4-5-7-20(19)22(27-26-21)25-15-23(3)9-12-28-13-10-23/h4-8,11,14,17H,9-10,12-13,15H2,1-3H3,(H,25,27). The molecule has 146 valence electrons. The number of aryl methyl sites for hydroxylation is 1. The normalized spacial score (nSPS) is 17.4. The second-order valence-electron chi connectivity index (χ2n) is 8.21. The number of nitrogens with zero attached hydrogens (tertiary/aromatic N) is 3. The van der Waals surface area contributed by atoms with Crippen molar-refractivity contribution in [2.24, 2.45) is 5.41 Å². The molecule has 0 saturated carbocycles. The third kappa shape index (κ3) is 3.85. The van der Waals surface area contributed by atoms with Crippen molar-refractivity contribution in [3.8, 4) is 0 Å². The van der Waals surface area contributed by atoms with Gasteiger partial charge < -0.3 is 10.1 Å². The largest absolute Gasteiger partial charge is 0.381 e. The van der Waals surface area contributed by atoms with Gasteiger partial charge in [-0.1, -0.05) is 38.1 Å². The van der Waals surface area contributed by atoms with Crippen molar-refractivity contribution >= 4 is 16.6 Å². The second kappa shape index (κ2) is 7.84. The third-order valence-corrected chi connectivity index (χ3v) is 5.93. The van der Waals surface area contributed by atoms with Crippen LogP contribution in [-0.4, -0.2) is 34.9 Å². The van der Waals surface area contributed by atoms with Crippen molar-refractivity contribution in [3.63, 3.8) is 0 Å². The fourth-order valence-corrected chi connectivity index (χ4v) is 3.91. The van der Waals surface area contributed by atoms with E-state index in [1.807, 2.05) is 13.1 Å². The van der Waals surface area contributed by atoms with Crippen LogP contribution in [0.4, 0.5) is 5.82 Å². The molecule has 3 heterocycles. The molecule has 0 amide bonds. The molecule has 2 aromatic heterocycles. The first-order chi connectivity index (χ1) is 13.6. The molecular formula is C23H28N4O. The maximum Gasteiger partial charge on any atom is 0.156 e. The molecule has 0 radical (unpaired) electrons. The van der Waals surface area contributed by atoms with Crippen LogP contribution in [0.2, 0.25) is 0 Å². The molecule has 1 unspecified atom stereocenters. The SMILES string of the molecule is Cc1cc(C(C)c2nnc(NCC3(C)CCOCC3)c3ccccc23)ccn1. The average Bonchev–Trinajstić information content (AvgIpc) is 2.72. The van der Waals surface area contributed by atoms with E-state index in [0.29, 0.717) is 0 Å². The highest BCUT2D eigenvalue weighted by Crippen LogP contribution is 2.33. The number of aromatic nitrogens is 3. The van der Waals surface area contributed by atoms with Crippen LogP contribution < -0.4 is 5.32 Å². The summed E-state index contributed by atoms with van der Waals surface area (Å²) in [6, 6.07) is 12.6. The zero-order valence-corrected chi connectivity index (χ0v) is 16.9. The third-order valence-electron chi connectivity index (χ3n) is 5.93. The van der Waals surface area contributed by atoms with Crippen LogP contribution in [0.15, 0.2) is 42.6 Å². The van der Waals surface area contributed by atoms with Gasteiger partial charge in [0.05, 0.1) is 5.69 Å². The molecule has 1 atom stereocenters. The summed E-state index contributed by atoms with van der Waals surface area (Å²) in [5.41, 5.74) is 3.47. The van der Waals surface area contributed by atoms with Crippen molar-refractivity contribution in [1.82, 2.24) is 15.2 Å². The van der Waals surface area contributed by atoms with Crippen molar-refractivity contribution in [2.45, 2.75) is 39.5 Å². The summed E-state index contributed by atoms with van der Waals surface area (Å²) in [5, 5.41) is 15.1. The highest BCUT2D eigenvalue weighted by Gasteiger charge is 2.27. The number of benzene rings is 1. The zero-order valence-electron chi connectivity index (χ0n) is 16.9. The average molecular weight is 377 g/mol. The molecule has 28 heavy (non-hydrogen) atoms. The van der Waals surface area contributed by atoms with Gasteiger partial charge in [-0.15, -0.1) is 5.10 Å². The molecule has 5 nitrogen and oxygen atoms in total. The van der Waals surface area contributed by atoms with Gasteiger partial charge in [0, 0.05) is 48.3 Å². The minimum atomic E-state index is 0.154. The minimum Gasteiger partial charge on any atom is -0.381 e. The number of rotatable bonds is 5. The first kappa shape index (κ1) is 18.8. The van der Waals surface area contributed by atoms with E-state index in [1.165, 1.54) is 5.56 Å². The smallest absolute Gasteiger partial charge is 0.156 e. The van der Waals surface area contributed by atoms with E-state index in [0.717, 1.165) is 60.6 Å². The van der Waals surface area contributed by atoms with Crippen LogP contribution in [0, 0.1) is 12.3 Å². The quantitative estimate of drug-likeness (QED) is 0.698. The van der Waals surface area contributed by atoms with Gasteiger partial charge in [-0.2, -0.15) is 5.10 Å². The first-order valence-electron chi connectivity index (χ1n) is 10.1. The number of hydrogen-bond acceptors (Lipinski definition) is 5. The predicted octanol–water partition coefficient (Wildman–Crippen LogP) is 4.71. The molecule has 0 spiro atoms. The first-order valence-corrected chi connectivity index (χ1v) is 10.1. The Hall–Kier alpha value is -2.53. The molecule has 5 heteroatoms. The lowest BCUT2D eigenvalue weighted by Gasteiger charge is -2.33. The Morgan fingerprint density at radius 2 is 1.86 bits per heavy atom. The summed E-state index contributed by atoms with van der Waals surface area (Å²) in [4.78, 5) is 4.31. The van der Waals surface area contributed by atoms with E-state index in [2.05, 4.69) is 70.7 Å². The Labute approximate surface area is 166 Å². The van der Waals surface area contributed by atoms with Crippen LogP contribution in [0.3, 0.4) is 0 Å². The summed E-state index contributed by atoms with van der Waals surface area (Å²) in [7, 11) is 0. The van der Waals surface area contributed by atoms with Gasteiger partial charge in [0.1, 0.15) is 0 Å². The summed E-state index contributed by atoms with van der Waals surface area (Å²) < 4.78 is 5.52. The monoisotopic (exact) mass is 376 g/mol. The fraction of sp³-hybridized carbons (Fsp3) is 0.435.